The number of nitriles is 1. The molecule has 2 aliphatic carbocycles. The smallest absolute Gasteiger partial charge is 0.249 e. The highest BCUT2D eigenvalue weighted by molar-refractivity contribution is 6.01. The van der Waals surface area contributed by atoms with Crippen LogP contribution in [-0.4, -0.2) is 116 Å². The summed E-state index contributed by atoms with van der Waals surface area (Å²) >= 11 is 0. The van der Waals surface area contributed by atoms with E-state index in [0.717, 1.165) is 62.1 Å². The Morgan fingerprint density at radius 1 is 0.954 bits per heavy atom. The number of imide groups is 1. The van der Waals surface area contributed by atoms with Crippen molar-refractivity contribution in [3.63, 3.8) is 0 Å². The van der Waals surface area contributed by atoms with E-state index in [1.807, 2.05) is 23.2 Å². The van der Waals surface area contributed by atoms with Crippen LogP contribution in [0, 0.1) is 22.6 Å². The first-order valence-electron chi connectivity index (χ1n) is 22.9. The molecule has 3 aliphatic heterocycles. The Kier molecular flexibility index (Phi) is 11.2. The lowest BCUT2D eigenvalue weighted by atomic mass is 9.74. The fourth-order valence-corrected chi connectivity index (χ4v) is 10.1. The van der Waals surface area contributed by atoms with Crippen LogP contribution in [0.1, 0.15) is 82.7 Å². The molecule has 2 saturated carbocycles. The zero-order valence-corrected chi connectivity index (χ0v) is 36.5. The summed E-state index contributed by atoms with van der Waals surface area (Å²) in [5.74, 6) is -0.111. The van der Waals surface area contributed by atoms with E-state index in [2.05, 4.69) is 48.9 Å². The number of amides is 3. The van der Waals surface area contributed by atoms with E-state index in [1.165, 1.54) is 18.7 Å². The van der Waals surface area contributed by atoms with Crippen LogP contribution in [0.15, 0.2) is 61.3 Å². The summed E-state index contributed by atoms with van der Waals surface area (Å²) in [7, 11) is 0. The first-order valence-corrected chi connectivity index (χ1v) is 22.9. The monoisotopic (exact) mass is 885 g/mol. The minimum absolute atomic E-state index is 0.124. The van der Waals surface area contributed by atoms with Gasteiger partial charge >= 0.3 is 0 Å². The second-order valence-electron chi connectivity index (χ2n) is 18.6. The lowest BCUT2D eigenvalue weighted by molar-refractivity contribution is -0.134. The summed E-state index contributed by atoms with van der Waals surface area (Å²) < 4.78 is 34.9. The maximum Gasteiger partial charge on any atom is 0.249 e. The number of benzene rings is 1. The molecule has 0 spiro atoms. The van der Waals surface area contributed by atoms with Gasteiger partial charge in [-0.15, -0.1) is 0 Å². The predicted molar refractivity (Wildman–Crippen MR) is 239 cm³/mol. The average Bonchev–Trinajstić information content (AvgIpc) is 3.96. The van der Waals surface area contributed by atoms with E-state index in [9.17, 15) is 19.6 Å². The van der Waals surface area contributed by atoms with Gasteiger partial charge in [0, 0.05) is 100 Å². The molecule has 1 atom stereocenters. The molecule has 10 rings (SSSR count). The molecule has 3 amide bonds. The second kappa shape index (κ2) is 17.1. The van der Waals surface area contributed by atoms with E-state index in [1.54, 1.807) is 39.9 Å². The number of hydrogen-bond donors (Lipinski definition) is 3. The van der Waals surface area contributed by atoms with Gasteiger partial charge in [0.2, 0.25) is 17.7 Å². The molecule has 18 heteroatoms. The van der Waals surface area contributed by atoms with Gasteiger partial charge in [-0.2, -0.15) is 15.5 Å². The van der Waals surface area contributed by atoms with E-state index < -0.39 is 23.4 Å². The van der Waals surface area contributed by atoms with Gasteiger partial charge < -0.3 is 20.4 Å². The number of piperidine rings is 2. The highest BCUT2D eigenvalue weighted by atomic mass is 19.1. The number of halogens is 2. The number of hydrogen-bond acceptors (Lipinski definition) is 12. The first-order chi connectivity index (χ1) is 31.5. The molecule has 16 nitrogen and oxygen atoms in total. The second-order valence-corrected chi connectivity index (χ2v) is 18.6. The number of nitrogens with zero attached hydrogens (tertiary/aromatic N) is 10. The standard InChI is InChI=1S/C47H53F2N13O3/c1-2-46(45(65)55-33-4-3-5-33)12-14-60(15-13-46)40-10-6-30(24-51-40)42-43-31(23-50)25-53-62(43)28-38(56-42)32-26-52-61(27-32)35-21-47(49,22-35)29-58-16-18-59(19-17-58)39-9-7-34(20-36(39)48)54-37-8-11-41(63)57-44(37)64/h6-7,9-10,20,24-28,33,35,37,54H,2-5,8,11-19,21-22,29H2,1H3,(H,55,65)(H,57,63,64)/t35?,37-,47?/m0/s1. The lowest BCUT2D eigenvalue weighted by Crippen LogP contribution is -2.54. The van der Waals surface area contributed by atoms with Crippen molar-refractivity contribution in [2.45, 2.75) is 94.9 Å². The number of fused-ring (bicyclic) bond motifs is 1. The van der Waals surface area contributed by atoms with Crippen molar-refractivity contribution in [2.24, 2.45) is 5.41 Å². The topological polar surface area (TPSA) is 182 Å². The summed E-state index contributed by atoms with van der Waals surface area (Å²) in [6.45, 7) is 6.13. The molecule has 5 aliphatic rings. The van der Waals surface area contributed by atoms with E-state index in [0.29, 0.717) is 85.3 Å². The number of aromatic nitrogens is 6. The number of carbonyl (C=O) groups excluding carboxylic acids is 3. The molecule has 338 valence electrons. The Morgan fingerprint density at radius 2 is 1.75 bits per heavy atom. The quantitative estimate of drug-likeness (QED) is 0.136. The Morgan fingerprint density at radius 3 is 2.43 bits per heavy atom. The summed E-state index contributed by atoms with van der Waals surface area (Å²) in [4.78, 5) is 53.1. The summed E-state index contributed by atoms with van der Waals surface area (Å²) in [5.41, 5.74) is 2.80. The van der Waals surface area contributed by atoms with Gasteiger partial charge in [-0.25, -0.2) is 23.3 Å². The van der Waals surface area contributed by atoms with Gasteiger partial charge in [0.25, 0.3) is 0 Å². The fraction of sp³-hybridized carbons (Fsp3) is 0.489. The largest absolute Gasteiger partial charge is 0.374 e. The summed E-state index contributed by atoms with van der Waals surface area (Å²) in [6.07, 6.45) is 15.6. The molecule has 65 heavy (non-hydrogen) atoms. The van der Waals surface area contributed by atoms with Crippen molar-refractivity contribution in [2.75, 3.05) is 60.9 Å². The zero-order valence-electron chi connectivity index (χ0n) is 36.5. The molecule has 4 aromatic heterocycles. The third-order valence-corrected chi connectivity index (χ3v) is 14.5. The Bertz CT molecular complexity index is 2650. The van der Waals surface area contributed by atoms with Crippen molar-refractivity contribution in [3.05, 3.63) is 72.7 Å². The van der Waals surface area contributed by atoms with Crippen LogP contribution >= 0.6 is 0 Å². The molecule has 0 unspecified atom stereocenters. The number of anilines is 3. The average molecular weight is 886 g/mol. The molecular weight excluding hydrogens is 833 g/mol. The normalized spacial score (nSPS) is 23.7. The van der Waals surface area contributed by atoms with E-state index in [-0.39, 0.29) is 36.2 Å². The minimum atomic E-state index is -1.38. The van der Waals surface area contributed by atoms with Gasteiger partial charge in [0.1, 0.15) is 40.5 Å². The van der Waals surface area contributed by atoms with Crippen LogP contribution in [0.25, 0.3) is 28.0 Å². The van der Waals surface area contributed by atoms with Crippen molar-refractivity contribution in [1.82, 2.24) is 44.9 Å². The van der Waals surface area contributed by atoms with Gasteiger partial charge in [0.05, 0.1) is 47.1 Å². The molecule has 0 bridgehead atoms. The van der Waals surface area contributed by atoms with Gasteiger partial charge in [-0.05, 0) is 75.3 Å². The number of rotatable bonds is 12. The zero-order chi connectivity index (χ0) is 44.9. The molecule has 1 aromatic carbocycles. The highest BCUT2D eigenvalue weighted by Crippen LogP contribution is 2.45. The molecule has 5 fully saturated rings. The molecule has 7 heterocycles. The van der Waals surface area contributed by atoms with Crippen LogP contribution in [-0.2, 0) is 14.4 Å². The molecule has 5 aromatic rings. The SMILES string of the molecule is CCC1(C(=O)NC2CCC2)CCN(c2ccc(-c3nc(-c4cnn(C5CC(F)(CN6CCN(c7ccc(N[C@H]8CCC(=O)NC8=O)cc7F)CC6)C5)c4)cn4ncc(C#N)c34)cn2)CC1. The van der Waals surface area contributed by atoms with Crippen molar-refractivity contribution in [1.29, 1.82) is 5.26 Å². The molecule has 3 N–H and O–H groups in total. The lowest BCUT2D eigenvalue weighted by Gasteiger charge is -2.46. The number of piperazine rings is 1. The maximum atomic E-state index is 16.2. The first kappa shape index (κ1) is 42.5. The van der Waals surface area contributed by atoms with E-state index in [4.69, 9.17) is 9.97 Å². The van der Waals surface area contributed by atoms with E-state index >= 15 is 8.78 Å². The number of carbonyl (C=O) groups is 3. The molecule has 0 radical (unpaired) electrons. The van der Waals surface area contributed by atoms with Crippen molar-refractivity contribution < 1.29 is 23.2 Å². The Balaban J connectivity index is 0.755. The number of alkyl halides is 1. The van der Waals surface area contributed by atoms with Crippen LogP contribution in [0.4, 0.5) is 26.0 Å². The molecular formula is C47H53F2N13O3. The van der Waals surface area contributed by atoms with Gasteiger partial charge in [-0.1, -0.05) is 6.92 Å². The van der Waals surface area contributed by atoms with Crippen LogP contribution in [0.3, 0.4) is 0 Å². The Hall–Kier alpha value is -6.48. The van der Waals surface area contributed by atoms with Crippen molar-refractivity contribution in [3.8, 4) is 28.6 Å². The molecule has 3 saturated heterocycles. The number of nitrogens with one attached hydrogen (secondary N) is 3. The highest BCUT2D eigenvalue weighted by Gasteiger charge is 2.47. The van der Waals surface area contributed by atoms with Crippen LogP contribution in [0.5, 0.6) is 0 Å². The predicted octanol–water partition coefficient (Wildman–Crippen LogP) is 5.41. The van der Waals surface area contributed by atoms with Crippen LogP contribution in [0.2, 0.25) is 0 Å². The number of pyridine rings is 1. The minimum Gasteiger partial charge on any atom is -0.374 e. The third kappa shape index (κ3) is 8.37. The Labute approximate surface area is 375 Å². The van der Waals surface area contributed by atoms with Crippen LogP contribution < -0.4 is 25.8 Å². The maximum absolute atomic E-state index is 16.2. The van der Waals surface area contributed by atoms with Gasteiger partial charge in [-0.3, -0.25) is 29.3 Å². The van der Waals surface area contributed by atoms with Crippen molar-refractivity contribution >= 4 is 40.4 Å². The summed E-state index contributed by atoms with van der Waals surface area (Å²) in [6, 6.07) is 10.6. The fourth-order valence-electron chi connectivity index (χ4n) is 10.1. The van der Waals surface area contributed by atoms with Gasteiger partial charge in [0.15, 0.2) is 0 Å². The summed E-state index contributed by atoms with van der Waals surface area (Å²) in [5, 5.41) is 27.7. The third-order valence-electron chi connectivity index (χ3n) is 14.5.